The van der Waals surface area contributed by atoms with Crippen LogP contribution < -0.4 is 0 Å². The van der Waals surface area contributed by atoms with Crippen LogP contribution in [0.3, 0.4) is 0 Å². The van der Waals surface area contributed by atoms with Crippen molar-refractivity contribution >= 4 is 39.3 Å². The first-order valence-corrected chi connectivity index (χ1v) is 5.67. The average molecular weight is 306 g/mol. The molecular weight excluding hydrogens is 301 g/mol. The summed E-state index contributed by atoms with van der Waals surface area (Å²) in [5.74, 6) is 0.275. The van der Waals surface area contributed by atoms with E-state index in [1.54, 1.807) is 6.07 Å². The van der Waals surface area contributed by atoms with Crippen molar-refractivity contribution in [1.82, 2.24) is 0 Å². The number of benzene rings is 1. The molecule has 0 aliphatic rings. The highest BCUT2D eigenvalue weighted by Crippen LogP contribution is 2.38. The normalized spacial score (nSPS) is 11.8. The Morgan fingerprint density at radius 2 is 2.00 bits per heavy atom. The number of hydrogen-bond acceptors (Lipinski definition) is 1. The maximum Gasteiger partial charge on any atom is 0.446 e. The quantitative estimate of drug-likeness (QED) is 0.558. The minimum atomic E-state index is -4.25. The first kappa shape index (κ1) is 12.2. The second kappa shape index (κ2) is 4.77. The predicted molar refractivity (Wildman–Crippen MR) is 55.6 cm³/mol. The van der Waals surface area contributed by atoms with E-state index in [2.05, 4.69) is 15.9 Å². The van der Waals surface area contributed by atoms with Crippen molar-refractivity contribution in [3.05, 3.63) is 28.2 Å². The molecule has 0 aromatic heterocycles. The number of hydrogen-bond donors (Lipinski definition) is 0. The first-order valence-electron chi connectivity index (χ1n) is 3.52. The molecule has 1 aromatic rings. The van der Waals surface area contributed by atoms with Gasteiger partial charge in [-0.25, -0.2) is 0 Å². The fraction of sp³-hybridized carbons (Fsp3) is 0.250. The van der Waals surface area contributed by atoms with Gasteiger partial charge in [-0.1, -0.05) is 22.0 Å². The van der Waals surface area contributed by atoms with Crippen molar-refractivity contribution in [1.29, 1.82) is 0 Å². The molecule has 0 atom stereocenters. The van der Waals surface area contributed by atoms with Gasteiger partial charge in [0.05, 0.1) is 0 Å². The summed E-state index contributed by atoms with van der Waals surface area (Å²) in [6.07, 6.45) is 0. The van der Waals surface area contributed by atoms with E-state index in [4.69, 9.17) is 11.6 Å². The molecule has 0 nitrogen and oxygen atoms in total. The van der Waals surface area contributed by atoms with Gasteiger partial charge in [-0.15, -0.1) is 11.6 Å². The van der Waals surface area contributed by atoms with Crippen LogP contribution in [0.5, 0.6) is 0 Å². The van der Waals surface area contributed by atoms with Crippen LogP contribution in [0.4, 0.5) is 13.2 Å². The van der Waals surface area contributed by atoms with E-state index < -0.39 is 5.51 Å². The van der Waals surface area contributed by atoms with Gasteiger partial charge in [0, 0.05) is 15.2 Å². The molecule has 0 aliphatic carbocycles. The Morgan fingerprint density at radius 3 is 2.43 bits per heavy atom. The third-order valence-corrected chi connectivity index (χ3v) is 3.15. The summed E-state index contributed by atoms with van der Waals surface area (Å²) in [4.78, 5) is 0.151. The van der Waals surface area contributed by atoms with Crippen molar-refractivity contribution in [2.75, 3.05) is 0 Å². The molecule has 0 saturated carbocycles. The molecule has 0 saturated heterocycles. The van der Waals surface area contributed by atoms with Crippen LogP contribution in [0.2, 0.25) is 0 Å². The molecule has 6 heteroatoms. The lowest BCUT2D eigenvalue weighted by Gasteiger charge is -2.07. The Labute approximate surface area is 97.0 Å². The molecule has 1 aromatic carbocycles. The molecule has 0 unspecified atom stereocenters. The smallest absolute Gasteiger partial charge is 0.160 e. The molecule has 0 fully saturated rings. The van der Waals surface area contributed by atoms with Gasteiger partial charge in [0.1, 0.15) is 0 Å². The van der Waals surface area contributed by atoms with Crippen molar-refractivity contribution < 1.29 is 13.2 Å². The molecular formula is C8H5BrClF3S. The van der Waals surface area contributed by atoms with E-state index in [0.717, 1.165) is 5.56 Å². The zero-order valence-corrected chi connectivity index (χ0v) is 9.90. The number of alkyl halides is 4. The molecule has 0 N–H and O–H groups in total. The second-order valence-corrected chi connectivity index (χ2v) is 4.69. The van der Waals surface area contributed by atoms with Crippen LogP contribution >= 0.6 is 39.3 Å². The second-order valence-electron chi connectivity index (χ2n) is 2.43. The zero-order chi connectivity index (χ0) is 10.8. The van der Waals surface area contributed by atoms with E-state index in [9.17, 15) is 13.2 Å². The monoisotopic (exact) mass is 304 g/mol. The number of thioether (sulfide) groups is 1. The summed E-state index contributed by atoms with van der Waals surface area (Å²) < 4.78 is 36.5. The highest BCUT2D eigenvalue weighted by atomic mass is 79.9. The Balaban J connectivity index is 2.87. The summed E-state index contributed by atoms with van der Waals surface area (Å²) in [7, 11) is 0. The molecule has 0 amide bonds. The van der Waals surface area contributed by atoms with Gasteiger partial charge in [-0.3, -0.25) is 0 Å². The van der Waals surface area contributed by atoms with Crippen LogP contribution in [-0.4, -0.2) is 5.51 Å². The van der Waals surface area contributed by atoms with Gasteiger partial charge in [0.25, 0.3) is 0 Å². The average Bonchev–Trinajstić information content (AvgIpc) is 2.01. The van der Waals surface area contributed by atoms with Crippen molar-refractivity contribution in [3.8, 4) is 0 Å². The summed E-state index contributed by atoms with van der Waals surface area (Å²) in [6.45, 7) is 0. The molecule has 0 heterocycles. The highest BCUT2D eigenvalue weighted by molar-refractivity contribution is 9.10. The van der Waals surface area contributed by atoms with Gasteiger partial charge in [0.15, 0.2) is 0 Å². The lowest BCUT2D eigenvalue weighted by atomic mass is 10.2. The van der Waals surface area contributed by atoms with Gasteiger partial charge in [-0.05, 0) is 29.5 Å². The maximum absolute atomic E-state index is 12.0. The summed E-state index contributed by atoms with van der Waals surface area (Å²) in [5.41, 5.74) is -3.47. The van der Waals surface area contributed by atoms with Crippen LogP contribution in [-0.2, 0) is 5.88 Å². The van der Waals surface area contributed by atoms with Crippen molar-refractivity contribution in [3.63, 3.8) is 0 Å². The third-order valence-electron chi connectivity index (χ3n) is 1.40. The molecule has 1 rings (SSSR count). The number of halogens is 5. The minimum Gasteiger partial charge on any atom is -0.160 e. The highest BCUT2D eigenvalue weighted by Gasteiger charge is 2.29. The number of rotatable bonds is 2. The molecule has 0 spiro atoms. The Bertz CT molecular complexity index is 327. The third kappa shape index (κ3) is 3.71. The lowest BCUT2D eigenvalue weighted by molar-refractivity contribution is -0.0328. The fourth-order valence-corrected chi connectivity index (χ4v) is 2.48. The van der Waals surface area contributed by atoms with Crippen molar-refractivity contribution in [2.24, 2.45) is 0 Å². The topological polar surface area (TPSA) is 0 Å². The van der Waals surface area contributed by atoms with E-state index in [0.29, 0.717) is 4.47 Å². The maximum atomic E-state index is 12.0. The Morgan fingerprint density at radius 1 is 1.36 bits per heavy atom. The van der Waals surface area contributed by atoms with Crippen LogP contribution in [0.25, 0.3) is 0 Å². The Kier molecular flexibility index (Phi) is 4.15. The summed E-state index contributed by atoms with van der Waals surface area (Å²) in [5, 5.41) is 0. The van der Waals surface area contributed by atoms with Gasteiger partial charge >= 0.3 is 5.51 Å². The standard InChI is InChI=1S/C8H5BrClF3S/c9-7-3-6(14-8(11,12)13)2-1-5(7)4-10/h1-3H,4H2. The van der Waals surface area contributed by atoms with Gasteiger partial charge in [-0.2, -0.15) is 13.2 Å². The Hall–Kier alpha value is 0.130. The lowest BCUT2D eigenvalue weighted by Crippen LogP contribution is -1.99. The van der Waals surface area contributed by atoms with Gasteiger partial charge < -0.3 is 0 Å². The molecule has 0 aliphatic heterocycles. The van der Waals surface area contributed by atoms with Crippen LogP contribution in [0.15, 0.2) is 27.6 Å². The molecule has 14 heavy (non-hydrogen) atoms. The van der Waals surface area contributed by atoms with E-state index >= 15 is 0 Å². The van der Waals surface area contributed by atoms with Crippen LogP contribution in [0.1, 0.15) is 5.56 Å². The molecule has 0 radical (unpaired) electrons. The largest absolute Gasteiger partial charge is 0.446 e. The molecule has 0 bridgehead atoms. The van der Waals surface area contributed by atoms with E-state index in [1.165, 1.54) is 12.1 Å². The summed E-state index contributed by atoms with van der Waals surface area (Å²) in [6, 6.07) is 4.39. The van der Waals surface area contributed by atoms with Crippen molar-refractivity contribution in [2.45, 2.75) is 16.3 Å². The van der Waals surface area contributed by atoms with Crippen LogP contribution in [0, 0.1) is 0 Å². The fourth-order valence-electron chi connectivity index (χ4n) is 0.834. The summed E-state index contributed by atoms with van der Waals surface area (Å²) >= 11 is 8.57. The molecule has 78 valence electrons. The SMILES string of the molecule is FC(F)(F)Sc1ccc(CCl)c(Br)c1. The van der Waals surface area contributed by atoms with Gasteiger partial charge in [0.2, 0.25) is 0 Å². The minimum absolute atomic E-state index is 0.139. The van der Waals surface area contributed by atoms with E-state index in [1.807, 2.05) is 0 Å². The van der Waals surface area contributed by atoms with E-state index in [-0.39, 0.29) is 22.5 Å². The predicted octanol–water partition coefficient (Wildman–Crippen LogP) is 4.80. The zero-order valence-electron chi connectivity index (χ0n) is 6.74. The first-order chi connectivity index (χ1) is 6.42.